The van der Waals surface area contributed by atoms with Gasteiger partial charge in [-0.2, -0.15) is 4.31 Å². The Morgan fingerprint density at radius 1 is 0.923 bits per heavy atom. The molecule has 0 aliphatic carbocycles. The number of amides is 2. The first-order valence-electron chi connectivity index (χ1n) is 21.0. The predicted octanol–water partition coefficient (Wildman–Crippen LogP) is 3.37. The minimum absolute atomic E-state index is 0.0318. The van der Waals surface area contributed by atoms with E-state index < -0.39 is 84.6 Å². The maximum atomic E-state index is 12.7. The van der Waals surface area contributed by atoms with Gasteiger partial charge in [-0.15, -0.1) is 12.3 Å². The smallest absolute Gasteiger partial charge is 0.386 e. The number of nitrogen functional groups attached to an aromatic ring is 1. The van der Waals surface area contributed by atoms with Crippen LogP contribution in [0.2, 0.25) is 0 Å². The van der Waals surface area contributed by atoms with Crippen molar-refractivity contribution >= 4 is 69.1 Å². The molecule has 65 heavy (non-hydrogen) atoms. The summed E-state index contributed by atoms with van der Waals surface area (Å²) in [5.74, 6) is 1.62. The third-order valence-corrected chi connectivity index (χ3v) is 14.0. The molecule has 1 fully saturated rings. The monoisotopic (exact) mass is 1000 g/mol. The number of aliphatic hydroxyl groups is 2. The molecule has 1 aliphatic heterocycles. The molecule has 2 aromatic rings. The molecule has 2 aromatic heterocycles. The molecule has 0 spiro atoms. The molecule has 1 aliphatic rings. The Bertz CT molecular complexity index is 2040. The molecule has 10 N–H and O–H groups in total. The van der Waals surface area contributed by atoms with E-state index in [1.807, 2.05) is 0 Å². The molecule has 3 rings (SSSR count). The fraction of sp³-hybridized carbons (Fsp3) is 0.730. The number of imidazole rings is 1. The van der Waals surface area contributed by atoms with Gasteiger partial charge in [0.25, 0.3) is 0 Å². The molecule has 24 nitrogen and oxygen atoms in total. The van der Waals surface area contributed by atoms with Crippen LogP contribution in [0.3, 0.4) is 0 Å². The number of carbonyl (C=O) groups excluding carboxylic acids is 3. The zero-order valence-corrected chi connectivity index (χ0v) is 39.8. The van der Waals surface area contributed by atoms with E-state index in [0.29, 0.717) is 12.2 Å². The Morgan fingerprint density at radius 2 is 1.54 bits per heavy atom. The van der Waals surface area contributed by atoms with E-state index in [1.165, 1.54) is 52.4 Å². The number of ether oxygens (including phenoxy) is 1. The number of thioether (sulfide) groups is 1. The molecule has 0 radical (unpaired) electrons. The van der Waals surface area contributed by atoms with Gasteiger partial charge in [0.1, 0.15) is 36.3 Å². The van der Waals surface area contributed by atoms with Crippen molar-refractivity contribution in [1.29, 1.82) is 0 Å². The van der Waals surface area contributed by atoms with E-state index in [-0.39, 0.29) is 41.6 Å². The lowest BCUT2D eigenvalue weighted by Crippen LogP contribution is -2.46. The number of phosphoric ester groups is 3. The van der Waals surface area contributed by atoms with Gasteiger partial charge in [0.2, 0.25) is 11.8 Å². The van der Waals surface area contributed by atoms with Crippen molar-refractivity contribution in [2.45, 2.75) is 134 Å². The summed E-state index contributed by atoms with van der Waals surface area (Å²) >= 11 is 1.14. The summed E-state index contributed by atoms with van der Waals surface area (Å²) in [6.45, 7) is 0.553. The Hall–Kier alpha value is -2.88. The number of hydrogen-bond donors (Lipinski definition) is 9. The van der Waals surface area contributed by atoms with Crippen molar-refractivity contribution in [1.82, 2.24) is 30.2 Å². The SMILES string of the molecule is C#CCCCCCCCCCCCCCC(=O)SCCNC(=O)CCNC(=O)C(O)C(C)(C)COP(=O)(O)OP(=O)(O)OCC1OC(n2cnc3c(N)ncnc32)C(O)C1OP(=O)(O)O. The van der Waals surface area contributed by atoms with Crippen LogP contribution in [0.15, 0.2) is 12.7 Å². The topological polar surface area (TPSA) is 364 Å². The number of rotatable bonds is 32. The van der Waals surface area contributed by atoms with Crippen molar-refractivity contribution in [3.05, 3.63) is 12.7 Å². The van der Waals surface area contributed by atoms with E-state index in [1.54, 1.807) is 0 Å². The minimum atomic E-state index is -5.58. The Balaban J connectivity index is 1.32. The second kappa shape index (κ2) is 27.2. The van der Waals surface area contributed by atoms with Crippen molar-refractivity contribution in [2.75, 3.05) is 37.8 Å². The lowest BCUT2D eigenvalue weighted by Gasteiger charge is -2.30. The average molecular weight is 1000 g/mol. The largest absolute Gasteiger partial charge is 0.481 e. The van der Waals surface area contributed by atoms with Crippen LogP contribution in [0.1, 0.15) is 110 Å². The maximum Gasteiger partial charge on any atom is 0.481 e. The second-order valence-corrected chi connectivity index (χ2v) is 21.3. The van der Waals surface area contributed by atoms with Gasteiger partial charge in [0.05, 0.1) is 19.5 Å². The van der Waals surface area contributed by atoms with E-state index >= 15 is 0 Å². The van der Waals surface area contributed by atoms with Crippen LogP contribution in [-0.2, 0) is 50.7 Å². The van der Waals surface area contributed by atoms with Crippen LogP contribution >= 0.6 is 35.2 Å². The fourth-order valence-corrected chi connectivity index (χ4v) is 10.0. The van der Waals surface area contributed by atoms with Crippen LogP contribution in [0.5, 0.6) is 0 Å². The molecule has 2 amide bonds. The molecule has 3 heterocycles. The third-order valence-electron chi connectivity index (χ3n) is 9.97. The fourth-order valence-electron chi connectivity index (χ4n) is 6.45. The molecule has 7 unspecified atom stereocenters. The lowest BCUT2D eigenvalue weighted by molar-refractivity contribution is -0.137. The van der Waals surface area contributed by atoms with E-state index in [0.717, 1.165) is 67.5 Å². The lowest BCUT2D eigenvalue weighted by atomic mass is 9.87. The number of aromatic nitrogens is 4. The highest BCUT2D eigenvalue weighted by Crippen LogP contribution is 2.61. The van der Waals surface area contributed by atoms with Crippen LogP contribution in [0.4, 0.5) is 5.82 Å². The minimum Gasteiger partial charge on any atom is -0.386 e. The first kappa shape index (κ1) is 56.4. The van der Waals surface area contributed by atoms with Gasteiger partial charge in [-0.1, -0.05) is 83.4 Å². The number of phosphoric acid groups is 3. The number of aliphatic hydroxyl groups excluding tert-OH is 2. The quantitative estimate of drug-likeness (QED) is 0.0288. The number of hydrogen-bond acceptors (Lipinski definition) is 18. The summed E-state index contributed by atoms with van der Waals surface area (Å²) in [5, 5.41) is 26.6. The highest BCUT2D eigenvalue weighted by atomic mass is 32.2. The van der Waals surface area contributed by atoms with Gasteiger partial charge in [0.15, 0.2) is 22.8 Å². The average Bonchev–Trinajstić information content (AvgIpc) is 3.79. The molecule has 0 bridgehead atoms. The zero-order chi connectivity index (χ0) is 48.3. The number of nitrogens with two attached hydrogens (primary N) is 1. The molecule has 0 aromatic carbocycles. The summed E-state index contributed by atoms with van der Waals surface area (Å²) < 4.78 is 62.4. The van der Waals surface area contributed by atoms with Crippen LogP contribution < -0.4 is 16.4 Å². The normalized spacial score (nSPS) is 20.2. The van der Waals surface area contributed by atoms with Gasteiger partial charge in [0, 0.05) is 43.5 Å². The Morgan fingerprint density at radius 3 is 2.17 bits per heavy atom. The number of fused-ring (bicyclic) bond motifs is 1. The number of anilines is 1. The molecule has 7 atom stereocenters. The van der Waals surface area contributed by atoms with Crippen molar-refractivity contribution in [3.63, 3.8) is 0 Å². The number of unbranched alkanes of at least 4 members (excludes halogenated alkanes) is 11. The summed E-state index contributed by atoms with van der Waals surface area (Å²) in [5.41, 5.74) is 4.28. The molecular weight excluding hydrogens is 939 g/mol. The number of terminal acetylenes is 1. The van der Waals surface area contributed by atoms with Crippen LogP contribution in [0, 0.1) is 17.8 Å². The molecular formula is C37H62N7O17P3S. The number of nitrogens with zero attached hydrogens (tertiary/aromatic N) is 4. The third kappa shape index (κ3) is 20.5. The van der Waals surface area contributed by atoms with Crippen LogP contribution in [0.25, 0.3) is 11.2 Å². The molecule has 1 saturated heterocycles. The number of nitrogens with one attached hydrogen (secondary N) is 2. The summed E-state index contributed by atoms with van der Waals surface area (Å²) in [6.07, 6.45) is 12.3. The Labute approximate surface area is 381 Å². The van der Waals surface area contributed by atoms with Crippen LogP contribution in [-0.4, -0.2) is 123 Å². The predicted molar refractivity (Wildman–Crippen MR) is 236 cm³/mol. The second-order valence-electron chi connectivity index (χ2n) is 15.9. The van der Waals surface area contributed by atoms with Gasteiger partial charge in [-0.05, 0) is 12.8 Å². The van der Waals surface area contributed by atoms with Gasteiger partial charge >= 0.3 is 23.5 Å². The van der Waals surface area contributed by atoms with Gasteiger partial charge < -0.3 is 50.9 Å². The van der Waals surface area contributed by atoms with E-state index in [9.17, 15) is 57.9 Å². The zero-order valence-electron chi connectivity index (χ0n) is 36.3. The maximum absolute atomic E-state index is 12.7. The number of carbonyl (C=O) groups is 3. The molecule has 0 saturated carbocycles. The van der Waals surface area contributed by atoms with Crippen molar-refractivity contribution in [2.24, 2.45) is 5.41 Å². The summed E-state index contributed by atoms with van der Waals surface area (Å²) in [7, 11) is -16.4. The summed E-state index contributed by atoms with van der Waals surface area (Å²) in [4.78, 5) is 88.2. The van der Waals surface area contributed by atoms with Gasteiger partial charge in [-0.25, -0.2) is 28.6 Å². The van der Waals surface area contributed by atoms with Crippen molar-refractivity contribution in [3.8, 4) is 12.3 Å². The summed E-state index contributed by atoms with van der Waals surface area (Å²) in [6, 6.07) is 0. The standard InChI is InChI=1S/C37H62N7O17P3S/c1-4-5-6-7-8-9-10-11-12-13-14-15-16-17-28(46)65-21-20-39-27(45)18-19-40-35(49)32(48)37(2,3)23-58-64(55,56)61-63(53,54)57-22-26-31(60-62(50,51)52)30(47)36(59-26)44-25-43-29-33(38)41-24-42-34(29)44/h1,24-26,30-32,36,47-48H,5-23H2,2-3H3,(H,39,45)(H,40,49)(H,53,54)(H,55,56)(H2,38,41,42)(H2,50,51,52). The van der Waals surface area contributed by atoms with E-state index in [2.05, 4.69) is 40.3 Å². The van der Waals surface area contributed by atoms with E-state index in [4.69, 9.17) is 25.9 Å². The molecule has 28 heteroatoms. The first-order valence-corrected chi connectivity index (χ1v) is 26.5. The Kier molecular flexibility index (Phi) is 23.6. The molecule has 368 valence electrons. The highest BCUT2D eigenvalue weighted by molar-refractivity contribution is 8.13. The highest BCUT2D eigenvalue weighted by Gasteiger charge is 2.50. The first-order chi connectivity index (χ1) is 30.6. The van der Waals surface area contributed by atoms with Crippen molar-refractivity contribution < 1.29 is 80.5 Å². The van der Waals surface area contributed by atoms with Gasteiger partial charge in [-0.3, -0.25) is 32.5 Å².